The molecule has 1 aliphatic rings. The summed E-state index contributed by atoms with van der Waals surface area (Å²) in [6.07, 6.45) is -0.516. The lowest BCUT2D eigenvalue weighted by Crippen LogP contribution is -2.54. The van der Waals surface area contributed by atoms with Gasteiger partial charge in [-0.1, -0.05) is 24.8 Å². The van der Waals surface area contributed by atoms with Gasteiger partial charge in [0.1, 0.15) is 6.10 Å². The van der Waals surface area contributed by atoms with Gasteiger partial charge in [-0.05, 0) is 25.5 Å². The summed E-state index contributed by atoms with van der Waals surface area (Å²) in [5, 5.41) is 10.2. The normalized spacial score (nSPS) is 23.9. The molecule has 1 N–H and O–H groups in total. The topological polar surface area (TPSA) is 23.5 Å². The minimum Gasteiger partial charge on any atom is -0.386 e. The van der Waals surface area contributed by atoms with Crippen LogP contribution in [0, 0.1) is 0 Å². The minimum atomic E-state index is -0.516. The third-order valence-corrected chi connectivity index (χ3v) is 3.48. The van der Waals surface area contributed by atoms with Gasteiger partial charge < -0.3 is 10.0 Å². The first-order chi connectivity index (χ1) is 6.96. The van der Waals surface area contributed by atoms with Crippen LogP contribution in [-0.4, -0.2) is 23.8 Å². The summed E-state index contributed by atoms with van der Waals surface area (Å²) in [6.45, 7) is 8.04. The Kier molecular flexibility index (Phi) is 2.12. The zero-order valence-corrected chi connectivity index (χ0v) is 9.49. The van der Waals surface area contributed by atoms with Crippen molar-refractivity contribution in [2.45, 2.75) is 25.5 Å². The summed E-state index contributed by atoms with van der Waals surface area (Å²) < 4.78 is 0. The van der Waals surface area contributed by atoms with Crippen LogP contribution in [0.5, 0.6) is 0 Å². The molecule has 15 heavy (non-hydrogen) atoms. The average molecular weight is 203 g/mol. The van der Waals surface area contributed by atoms with E-state index in [1.54, 1.807) is 0 Å². The van der Waals surface area contributed by atoms with Gasteiger partial charge in [0.05, 0.1) is 5.54 Å². The third-order valence-electron chi connectivity index (χ3n) is 3.48. The first kappa shape index (κ1) is 10.2. The number of nitrogens with zero attached hydrogens (tertiary/aromatic N) is 1. The van der Waals surface area contributed by atoms with Gasteiger partial charge in [0.2, 0.25) is 0 Å². The van der Waals surface area contributed by atoms with Gasteiger partial charge in [0.25, 0.3) is 0 Å². The van der Waals surface area contributed by atoms with Gasteiger partial charge in [-0.3, -0.25) is 0 Å². The molecule has 0 saturated carbocycles. The molecule has 0 spiro atoms. The number of aliphatic hydroxyl groups excluding tert-OH is 1. The number of hydrogen-bond acceptors (Lipinski definition) is 2. The van der Waals surface area contributed by atoms with E-state index in [2.05, 4.69) is 17.5 Å². The van der Waals surface area contributed by atoms with Crippen molar-refractivity contribution in [1.29, 1.82) is 0 Å². The molecule has 1 atom stereocenters. The Morgan fingerprint density at radius 2 is 1.93 bits per heavy atom. The molecular weight excluding hydrogens is 186 g/mol. The fourth-order valence-corrected chi connectivity index (χ4v) is 2.11. The highest BCUT2D eigenvalue weighted by atomic mass is 16.3. The molecule has 1 heterocycles. The molecular formula is C13H17NO. The van der Waals surface area contributed by atoms with Gasteiger partial charge in [0, 0.05) is 18.3 Å². The van der Waals surface area contributed by atoms with E-state index >= 15 is 0 Å². The van der Waals surface area contributed by atoms with E-state index in [1.165, 1.54) is 0 Å². The number of para-hydroxylation sites is 1. The Labute approximate surface area is 90.8 Å². The first-order valence-electron chi connectivity index (χ1n) is 5.16. The number of likely N-dealkylation sites (N-methyl/N-ethyl adjacent to an activating group) is 1. The maximum absolute atomic E-state index is 10.2. The fraction of sp³-hybridized carbons (Fsp3) is 0.385. The number of anilines is 1. The van der Waals surface area contributed by atoms with E-state index < -0.39 is 6.10 Å². The van der Waals surface area contributed by atoms with E-state index in [0.717, 1.165) is 16.8 Å². The maximum Gasteiger partial charge on any atom is 0.102 e. The zero-order valence-electron chi connectivity index (χ0n) is 9.49. The third kappa shape index (κ3) is 1.29. The quantitative estimate of drug-likeness (QED) is 0.699. The summed E-state index contributed by atoms with van der Waals surface area (Å²) in [5.74, 6) is 0. The van der Waals surface area contributed by atoms with E-state index in [-0.39, 0.29) is 5.54 Å². The van der Waals surface area contributed by atoms with Crippen molar-refractivity contribution >= 4 is 11.3 Å². The van der Waals surface area contributed by atoms with Crippen molar-refractivity contribution in [3.63, 3.8) is 0 Å². The number of hydrogen-bond donors (Lipinski definition) is 1. The van der Waals surface area contributed by atoms with Crippen molar-refractivity contribution in [1.82, 2.24) is 0 Å². The minimum absolute atomic E-state index is 0.300. The van der Waals surface area contributed by atoms with E-state index in [9.17, 15) is 5.11 Å². The Bertz CT molecular complexity index is 409. The predicted octanol–water partition coefficient (Wildman–Crippen LogP) is 2.29. The van der Waals surface area contributed by atoms with Crippen molar-refractivity contribution in [2.75, 3.05) is 11.9 Å². The number of aliphatic hydroxyl groups is 1. The van der Waals surface area contributed by atoms with Crippen LogP contribution in [0.25, 0.3) is 5.57 Å². The Hall–Kier alpha value is -1.28. The zero-order chi connectivity index (χ0) is 11.2. The highest BCUT2D eigenvalue weighted by Crippen LogP contribution is 2.40. The Balaban J connectivity index is 2.63. The smallest absolute Gasteiger partial charge is 0.102 e. The SMILES string of the molecule is C=C1c2ccccc2N(C)C(C)(C)C1O. The lowest BCUT2D eigenvalue weighted by molar-refractivity contribution is 0.149. The lowest BCUT2D eigenvalue weighted by Gasteiger charge is -2.46. The molecule has 0 bridgehead atoms. The molecule has 0 aromatic heterocycles. The van der Waals surface area contributed by atoms with Crippen LogP contribution < -0.4 is 4.90 Å². The predicted molar refractivity (Wildman–Crippen MR) is 64.0 cm³/mol. The number of benzene rings is 1. The second-order valence-electron chi connectivity index (χ2n) is 4.66. The molecule has 0 saturated heterocycles. The summed E-state index contributed by atoms with van der Waals surface area (Å²) in [6, 6.07) is 8.06. The summed E-state index contributed by atoms with van der Waals surface area (Å²) in [5.41, 5.74) is 2.70. The Morgan fingerprint density at radius 3 is 2.60 bits per heavy atom. The van der Waals surface area contributed by atoms with Gasteiger partial charge in [-0.25, -0.2) is 0 Å². The van der Waals surface area contributed by atoms with Crippen LogP contribution in [0.15, 0.2) is 30.8 Å². The molecule has 2 nitrogen and oxygen atoms in total. The molecule has 1 aromatic carbocycles. The summed E-state index contributed by atoms with van der Waals surface area (Å²) >= 11 is 0. The molecule has 1 aliphatic heterocycles. The Morgan fingerprint density at radius 1 is 1.33 bits per heavy atom. The van der Waals surface area contributed by atoms with Crippen LogP contribution >= 0.6 is 0 Å². The van der Waals surface area contributed by atoms with Gasteiger partial charge in [0.15, 0.2) is 0 Å². The molecule has 2 heteroatoms. The van der Waals surface area contributed by atoms with Crippen LogP contribution in [0.1, 0.15) is 19.4 Å². The molecule has 80 valence electrons. The largest absolute Gasteiger partial charge is 0.386 e. The number of rotatable bonds is 0. The first-order valence-corrected chi connectivity index (χ1v) is 5.16. The van der Waals surface area contributed by atoms with E-state index in [1.807, 2.05) is 39.1 Å². The molecule has 1 aromatic rings. The second-order valence-corrected chi connectivity index (χ2v) is 4.66. The van der Waals surface area contributed by atoms with Crippen molar-refractivity contribution in [3.8, 4) is 0 Å². The summed E-state index contributed by atoms with van der Waals surface area (Å²) in [7, 11) is 2.01. The van der Waals surface area contributed by atoms with E-state index in [0.29, 0.717) is 0 Å². The highest BCUT2D eigenvalue weighted by Gasteiger charge is 2.39. The maximum atomic E-state index is 10.2. The number of fused-ring (bicyclic) bond motifs is 1. The molecule has 0 aliphatic carbocycles. The van der Waals surface area contributed by atoms with Gasteiger partial charge >= 0.3 is 0 Å². The lowest BCUT2D eigenvalue weighted by atomic mass is 9.81. The second kappa shape index (κ2) is 3.11. The van der Waals surface area contributed by atoms with Crippen LogP contribution in [-0.2, 0) is 0 Å². The molecule has 0 radical (unpaired) electrons. The molecule has 1 unspecified atom stereocenters. The van der Waals surface area contributed by atoms with Crippen LogP contribution in [0.3, 0.4) is 0 Å². The highest BCUT2D eigenvalue weighted by molar-refractivity contribution is 5.82. The van der Waals surface area contributed by atoms with E-state index in [4.69, 9.17) is 0 Å². The summed E-state index contributed by atoms with van der Waals surface area (Å²) in [4.78, 5) is 2.11. The van der Waals surface area contributed by atoms with Crippen molar-refractivity contribution < 1.29 is 5.11 Å². The average Bonchev–Trinajstić information content (AvgIpc) is 2.24. The monoisotopic (exact) mass is 203 g/mol. The van der Waals surface area contributed by atoms with Crippen molar-refractivity contribution in [2.24, 2.45) is 0 Å². The van der Waals surface area contributed by atoms with Gasteiger partial charge in [-0.15, -0.1) is 0 Å². The van der Waals surface area contributed by atoms with Crippen molar-refractivity contribution in [3.05, 3.63) is 36.4 Å². The van der Waals surface area contributed by atoms with Crippen LogP contribution in [0.4, 0.5) is 5.69 Å². The fourth-order valence-electron chi connectivity index (χ4n) is 2.11. The standard InChI is InChI=1S/C13H17NO/c1-9-10-7-5-6-8-11(10)14(4)13(2,3)12(9)15/h5-8,12,15H,1H2,2-4H3. The van der Waals surface area contributed by atoms with Crippen LogP contribution in [0.2, 0.25) is 0 Å². The molecule has 0 amide bonds. The van der Waals surface area contributed by atoms with Gasteiger partial charge in [-0.2, -0.15) is 0 Å². The molecule has 2 rings (SSSR count). The molecule has 0 fully saturated rings.